The first-order valence-corrected chi connectivity index (χ1v) is 42.6. The average molecular weight is 1550 g/mol. The fraction of sp³-hybridized carbons (Fsp3) is 0.330. The molecule has 0 radical (unpaired) electrons. The second kappa shape index (κ2) is 36.0. The number of nitrogens with zero attached hydrogens (tertiary/aromatic N) is 5. The van der Waals surface area contributed by atoms with E-state index in [1.165, 1.54) is 199 Å². The Morgan fingerprint density at radius 1 is 0.248 bits per heavy atom. The van der Waals surface area contributed by atoms with Crippen LogP contribution in [0.2, 0.25) is 0 Å². The number of hydrogen-bond donors (Lipinski definition) is 0. The van der Waals surface area contributed by atoms with Gasteiger partial charge in [-0.25, -0.2) is 4.57 Å². The van der Waals surface area contributed by atoms with E-state index in [0.29, 0.717) is 47.8 Å². The van der Waals surface area contributed by atoms with Gasteiger partial charge in [0, 0.05) is 73.2 Å². The summed E-state index contributed by atoms with van der Waals surface area (Å²) in [5.74, 6) is 2.60. The predicted octanol–water partition coefficient (Wildman–Crippen LogP) is 27.5. The lowest BCUT2D eigenvalue weighted by Gasteiger charge is -2.16. The van der Waals surface area contributed by atoms with Crippen molar-refractivity contribution in [3.63, 3.8) is 0 Å². The van der Waals surface area contributed by atoms with Gasteiger partial charge in [-0.1, -0.05) is 207 Å². The third-order valence-electron chi connectivity index (χ3n) is 25.7. The lowest BCUT2D eigenvalue weighted by molar-refractivity contribution is -0.666. The molecule has 0 atom stereocenters. The van der Waals surface area contributed by atoms with Gasteiger partial charge in [0.15, 0.2) is 28.9 Å². The Balaban J connectivity index is 0.000000147. The molecule has 602 valence electrons. The second-order valence-corrected chi connectivity index (χ2v) is 35.4. The zero-order chi connectivity index (χ0) is 88.0. The van der Waals surface area contributed by atoms with Crippen LogP contribution in [0.4, 0.5) is 0 Å². The summed E-state index contributed by atoms with van der Waals surface area (Å²) in [6, 6.07) is 67.2. The number of rotatable bonds is 10. The van der Waals surface area contributed by atoms with Crippen molar-refractivity contribution in [1.82, 2.24) is 0 Å². The van der Waals surface area contributed by atoms with Gasteiger partial charge in [0.25, 0.3) is 0 Å². The molecule has 0 fully saturated rings. The van der Waals surface area contributed by atoms with Crippen LogP contribution in [0.15, 0.2) is 200 Å². The van der Waals surface area contributed by atoms with Crippen LogP contribution in [0.5, 0.6) is 0 Å². The molecule has 0 saturated carbocycles. The Kier molecular flexibility index (Phi) is 25.5. The normalized spacial score (nSPS) is 11.8. The molecule has 0 spiro atoms. The van der Waals surface area contributed by atoms with Gasteiger partial charge in [-0.05, 0) is 274 Å². The van der Waals surface area contributed by atoms with Gasteiger partial charge in [-0.15, -0.1) is 0 Å². The van der Waals surface area contributed by atoms with Gasteiger partial charge in [0.05, 0.1) is 40.8 Å². The topological polar surface area (TPSA) is 19.4 Å². The number of aromatic nitrogens is 5. The molecule has 5 aromatic heterocycles. The number of hydrogen-bond acceptors (Lipinski definition) is 0. The highest BCUT2D eigenvalue weighted by atomic mass is 15.0. The highest BCUT2D eigenvalue weighted by Gasteiger charge is 2.29. The van der Waals surface area contributed by atoms with Crippen LogP contribution in [0.3, 0.4) is 0 Å². The Morgan fingerprint density at radius 2 is 0.607 bits per heavy atom. The summed E-state index contributed by atoms with van der Waals surface area (Å²) in [5.41, 5.74) is 41.4. The smallest absolute Gasteiger partial charge is 0.200 e. The van der Waals surface area contributed by atoms with Gasteiger partial charge in [-0.2, -0.15) is 18.3 Å². The minimum absolute atomic E-state index is 0.385. The summed E-state index contributed by atoms with van der Waals surface area (Å²) >= 11 is 0. The third kappa shape index (κ3) is 17.9. The molecular weight excluding hydrogens is 1420 g/mol. The highest BCUT2D eigenvalue weighted by Crippen LogP contribution is 2.40. The molecular formula is C112H134N5+5. The summed E-state index contributed by atoms with van der Waals surface area (Å²) in [5, 5.41) is 12.9. The molecule has 5 heterocycles. The van der Waals surface area contributed by atoms with Crippen LogP contribution in [0, 0.1) is 118 Å². The number of aryl methyl sites for hydroxylation is 11. The minimum Gasteiger partial charge on any atom is -0.200 e. The van der Waals surface area contributed by atoms with E-state index in [4.69, 9.17) is 4.11 Å². The van der Waals surface area contributed by atoms with Crippen LogP contribution >= 0.6 is 0 Å². The summed E-state index contributed by atoms with van der Waals surface area (Å²) in [6.07, 6.45) is 0.536. The molecule has 0 amide bonds. The molecule has 0 aliphatic carbocycles. The van der Waals surface area contributed by atoms with Gasteiger partial charge in [0.1, 0.15) is 36.6 Å². The van der Waals surface area contributed by atoms with E-state index in [2.05, 4.69) is 390 Å². The number of fused-ring (bicyclic) bond motifs is 5. The van der Waals surface area contributed by atoms with Crippen molar-refractivity contribution in [3.8, 4) is 56.3 Å². The van der Waals surface area contributed by atoms with Gasteiger partial charge in [-0.3, -0.25) is 0 Å². The predicted molar refractivity (Wildman–Crippen MR) is 504 cm³/mol. The van der Waals surface area contributed by atoms with Crippen molar-refractivity contribution in [2.75, 3.05) is 0 Å². The van der Waals surface area contributed by atoms with Crippen LogP contribution in [0.1, 0.15) is 226 Å². The molecule has 0 saturated heterocycles. The van der Waals surface area contributed by atoms with Crippen LogP contribution < -0.4 is 22.8 Å². The maximum Gasteiger partial charge on any atom is 0.220 e. The summed E-state index contributed by atoms with van der Waals surface area (Å²) < 4.78 is 35.8. The minimum atomic E-state index is 0.385. The first-order chi connectivity index (χ1) is 56.5. The Morgan fingerprint density at radius 3 is 1.05 bits per heavy atom. The molecule has 0 unspecified atom stereocenters. The first-order valence-electron chi connectivity index (χ1n) is 44.1. The zero-order valence-corrected chi connectivity index (χ0v) is 76.9. The molecule has 0 N–H and O–H groups in total. The van der Waals surface area contributed by atoms with E-state index < -0.39 is 0 Å². The molecule has 0 aliphatic rings. The Bertz CT molecular complexity index is 6350. The molecule has 0 bridgehead atoms. The van der Waals surface area contributed by atoms with Crippen molar-refractivity contribution in [3.05, 3.63) is 323 Å². The van der Waals surface area contributed by atoms with Crippen LogP contribution in [0.25, 0.3) is 110 Å². The molecule has 117 heavy (non-hydrogen) atoms. The summed E-state index contributed by atoms with van der Waals surface area (Å²) in [7, 11) is 10.6. The first kappa shape index (κ1) is 82.8. The largest absolute Gasteiger partial charge is 0.220 e. The van der Waals surface area contributed by atoms with Gasteiger partial charge < -0.3 is 0 Å². The third-order valence-corrected chi connectivity index (χ3v) is 25.7. The fourth-order valence-electron chi connectivity index (χ4n) is 17.1. The zero-order valence-electron chi connectivity index (χ0n) is 79.9. The SMILES string of the molecule is Cc1cc(C)c(C)c(-c2c3ccc(C(C)C)cc3c(C)c(C)[n+]2C)c1.Cc1ccc(C)c(-c2c3ccc(C(C)C)cc3c(C)c(C)[n+]2C)c1.Cc1ccccc1-c1c2ccc(C(C)C)cc2c(C)c(C)[n+]1C.[2H]c1cc([2H])c(C)c(-c2c3cc(C(C)C)ccc3cc(C)[n+]2C)c1.[2H]c1cc2ccc(C(C)C)cc2c(-c2cc(C)cc(C)c2C)[n+]1C. The Hall–Kier alpha value is -10.8. The van der Waals surface area contributed by atoms with Crippen molar-refractivity contribution < 1.29 is 26.9 Å². The van der Waals surface area contributed by atoms with E-state index in [-0.39, 0.29) is 0 Å². The molecule has 15 rings (SSSR count). The molecule has 5 heteroatoms. The molecule has 10 aromatic carbocycles. The molecule has 0 aliphatic heterocycles. The van der Waals surface area contributed by atoms with Crippen LogP contribution in [-0.4, -0.2) is 0 Å². The van der Waals surface area contributed by atoms with Gasteiger partial charge in [0.2, 0.25) is 28.5 Å². The van der Waals surface area contributed by atoms with Crippen molar-refractivity contribution >= 4 is 53.9 Å². The van der Waals surface area contributed by atoms with E-state index in [1.54, 1.807) is 6.07 Å². The second-order valence-electron chi connectivity index (χ2n) is 35.4. The lowest BCUT2D eigenvalue weighted by Crippen LogP contribution is -2.36. The maximum absolute atomic E-state index is 8.37. The van der Waals surface area contributed by atoms with Crippen molar-refractivity contribution in [2.45, 2.75) is 217 Å². The van der Waals surface area contributed by atoms with E-state index in [0.717, 1.165) is 33.6 Å². The van der Waals surface area contributed by atoms with E-state index >= 15 is 0 Å². The molecule has 5 nitrogen and oxygen atoms in total. The fourth-order valence-corrected chi connectivity index (χ4v) is 17.1. The highest BCUT2D eigenvalue weighted by molar-refractivity contribution is 6.00. The van der Waals surface area contributed by atoms with Gasteiger partial charge >= 0.3 is 0 Å². The van der Waals surface area contributed by atoms with Crippen molar-refractivity contribution in [1.29, 1.82) is 0 Å². The quantitative estimate of drug-likeness (QED) is 0.122. The Labute approximate surface area is 707 Å². The number of pyridine rings is 5. The monoisotopic (exact) mass is 1550 g/mol. The standard InChI is InChI=1S/C24H30N.C23H28N.2C22H26N.C21H24N/c1-14(2)20-9-10-21-22(13-20)18(6)19(7)25(8)24(21)23-12-15(3)11-16(4)17(23)5;1-14(2)19-10-11-20-22(13-19)17(5)18(6)24(7)23(20)21-12-15(3)8-9-16(21)4;1-14(2)19-8-7-18-9-10-23(6)22(21(18)13-19)20-12-15(3)11-16(4)17(20)5;1-14(2)18-11-12-20-21(13-18)16(4)17(5)23(6)22(20)19-10-8-7-9-15(19)3;1-14(2)17-10-11-18-12-16(4)22(5)21(20(18)13-17)19-9-7-6-8-15(19)3/h9-14H,1-8H3;8-14H,1-7H3;2*7-14H,1-6H3;6-14H,1-5H3/q5*+1/i;;10D;;7D,8D. The summed E-state index contributed by atoms with van der Waals surface area (Å²) in [4.78, 5) is 0. The average Bonchev–Trinajstić information content (AvgIpc) is 0.785. The maximum atomic E-state index is 8.37. The van der Waals surface area contributed by atoms with Crippen LogP contribution in [-0.2, 0) is 35.2 Å². The lowest BCUT2D eigenvalue weighted by atomic mass is 9.91. The van der Waals surface area contributed by atoms with Crippen molar-refractivity contribution in [2.24, 2.45) is 35.2 Å². The van der Waals surface area contributed by atoms with E-state index in [1.807, 2.05) is 30.7 Å². The van der Waals surface area contributed by atoms with E-state index in [9.17, 15) is 0 Å². The number of benzene rings is 10. The molecule has 15 aromatic rings. The summed E-state index contributed by atoms with van der Waals surface area (Å²) in [6.45, 7) is 59.6.